The summed E-state index contributed by atoms with van der Waals surface area (Å²) in [5.41, 5.74) is 1.22. The van der Waals surface area contributed by atoms with Crippen LogP contribution in [0.4, 0.5) is 0 Å². The van der Waals surface area contributed by atoms with Gasteiger partial charge in [0.1, 0.15) is 16.5 Å². The number of hydrogen-bond donors (Lipinski definition) is 0. The Morgan fingerprint density at radius 3 is 2.59 bits per heavy atom. The van der Waals surface area contributed by atoms with E-state index in [-0.39, 0.29) is 0 Å². The third-order valence-electron chi connectivity index (χ3n) is 2.45. The standard InChI is InChI=1S/C14H12Cl2O/c1-2-10-5-3-6-11(9-10)17-13-8-4-7-12(15)14(13)16/h3-9H,2H2,1H3. The Kier molecular flexibility index (Phi) is 3.93. The minimum atomic E-state index is 0.441. The molecule has 0 aliphatic heterocycles. The first-order valence-corrected chi connectivity index (χ1v) is 6.17. The molecule has 2 aromatic carbocycles. The zero-order valence-corrected chi connectivity index (χ0v) is 10.9. The molecule has 1 nitrogen and oxygen atoms in total. The Hall–Kier alpha value is -1.18. The maximum Gasteiger partial charge on any atom is 0.147 e. The lowest BCUT2D eigenvalue weighted by Crippen LogP contribution is -1.87. The molecule has 0 atom stereocenters. The van der Waals surface area contributed by atoms with E-state index < -0.39 is 0 Å². The summed E-state index contributed by atoms with van der Waals surface area (Å²) in [4.78, 5) is 0. The van der Waals surface area contributed by atoms with Crippen LogP contribution in [0.2, 0.25) is 10.0 Å². The van der Waals surface area contributed by atoms with Gasteiger partial charge in [0.25, 0.3) is 0 Å². The largest absolute Gasteiger partial charge is 0.456 e. The number of hydrogen-bond acceptors (Lipinski definition) is 1. The molecule has 0 spiro atoms. The van der Waals surface area contributed by atoms with Gasteiger partial charge in [-0.05, 0) is 36.2 Å². The molecule has 0 aliphatic rings. The van der Waals surface area contributed by atoms with E-state index in [4.69, 9.17) is 27.9 Å². The van der Waals surface area contributed by atoms with Crippen molar-refractivity contribution in [2.24, 2.45) is 0 Å². The Balaban J connectivity index is 2.28. The lowest BCUT2D eigenvalue weighted by Gasteiger charge is -2.09. The molecule has 3 heteroatoms. The van der Waals surface area contributed by atoms with Gasteiger partial charge in [-0.2, -0.15) is 0 Å². The van der Waals surface area contributed by atoms with Gasteiger partial charge in [-0.15, -0.1) is 0 Å². The Morgan fingerprint density at radius 2 is 1.82 bits per heavy atom. The lowest BCUT2D eigenvalue weighted by molar-refractivity contribution is 0.482. The van der Waals surface area contributed by atoms with Gasteiger partial charge in [0.05, 0.1) is 5.02 Å². The number of ether oxygens (including phenoxy) is 1. The van der Waals surface area contributed by atoms with Gasteiger partial charge in [-0.25, -0.2) is 0 Å². The normalized spacial score (nSPS) is 10.3. The highest BCUT2D eigenvalue weighted by Gasteiger charge is 2.06. The number of rotatable bonds is 3. The zero-order chi connectivity index (χ0) is 12.3. The van der Waals surface area contributed by atoms with Crippen LogP contribution >= 0.6 is 23.2 Å². The summed E-state index contributed by atoms with van der Waals surface area (Å²) in [6.07, 6.45) is 0.973. The molecule has 2 rings (SSSR count). The Morgan fingerprint density at radius 1 is 1.06 bits per heavy atom. The minimum Gasteiger partial charge on any atom is -0.456 e. The molecule has 2 aromatic rings. The monoisotopic (exact) mass is 266 g/mol. The summed E-state index contributed by atoms with van der Waals surface area (Å²) in [6, 6.07) is 13.3. The van der Waals surface area contributed by atoms with E-state index in [1.807, 2.05) is 24.3 Å². The van der Waals surface area contributed by atoms with Gasteiger partial charge in [0.2, 0.25) is 0 Å². The molecule has 0 heterocycles. The maximum atomic E-state index is 6.06. The van der Waals surface area contributed by atoms with E-state index in [9.17, 15) is 0 Å². The fraction of sp³-hybridized carbons (Fsp3) is 0.143. The average Bonchev–Trinajstić information content (AvgIpc) is 2.35. The van der Waals surface area contributed by atoms with E-state index in [0.717, 1.165) is 12.2 Å². The second-order valence-electron chi connectivity index (χ2n) is 3.65. The SMILES string of the molecule is CCc1cccc(Oc2cccc(Cl)c2Cl)c1. The molecule has 0 unspecified atom stereocenters. The van der Waals surface area contributed by atoms with Crippen LogP contribution in [0.3, 0.4) is 0 Å². The van der Waals surface area contributed by atoms with Crippen LogP contribution in [0, 0.1) is 0 Å². The smallest absolute Gasteiger partial charge is 0.147 e. The first-order valence-electron chi connectivity index (χ1n) is 5.41. The van der Waals surface area contributed by atoms with Crippen molar-refractivity contribution in [1.82, 2.24) is 0 Å². The summed E-state index contributed by atoms with van der Waals surface area (Å²) in [6.45, 7) is 2.10. The van der Waals surface area contributed by atoms with E-state index >= 15 is 0 Å². The van der Waals surface area contributed by atoms with Gasteiger partial charge in [-0.3, -0.25) is 0 Å². The van der Waals surface area contributed by atoms with E-state index in [1.54, 1.807) is 12.1 Å². The number of benzene rings is 2. The summed E-state index contributed by atoms with van der Waals surface area (Å²) in [5.74, 6) is 1.35. The quantitative estimate of drug-likeness (QED) is 0.728. The second kappa shape index (κ2) is 5.44. The van der Waals surface area contributed by atoms with Crippen molar-refractivity contribution in [3.63, 3.8) is 0 Å². The molecule has 0 aliphatic carbocycles. The highest BCUT2D eigenvalue weighted by molar-refractivity contribution is 6.42. The van der Waals surface area contributed by atoms with Crippen LogP contribution in [0.5, 0.6) is 11.5 Å². The molecule has 0 aromatic heterocycles. The summed E-state index contributed by atoms with van der Waals surface area (Å²) in [5, 5.41) is 0.937. The molecule has 0 saturated carbocycles. The summed E-state index contributed by atoms with van der Waals surface area (Å²) >= 11 is 12.0. The maximum absolute atomic E-state index is 6.06. The van der Waals surface area contributed by atoms with Crippen LogP contribution in [-0.4, -0.2) is 0 Å². The van der Waals surface area contributed by atoms with Gasteiger partial charge >= 0.3 is 0 Å². The van der Waals surface area contributed by atoms with Crippen LogP contribution in [-0.2, 0) is 6.42 Å². The zero-order valence-electron chi connectivity index (χ0n) is 9.41. The minimum absolute atomic E-state index is 0.441. The number of halogens is 2. The van der Waals surface area contributed by atoms with Crippen molar-refractivity contribution >= 4 is 23.2 Å². The van der Waals surface area contributed by atoms with Crippen LogP contribution < -0.4 is 4.74 Å². The second-order valence-corrected chi connectivity index (χ2v) is 4.44. The third kappa shape index (κ3) is 2.93. The van der Waals surface area contributed by atoms with Crippen LogP contribution in [0.15, 0.2) is 42.5 Å². The van der Waals surface area contributed by atoms with Crippen molar-refractivity contribution in [3.05, 3.63) is 58.1 Å². The fourth-order valence-corrected chi connectivity index (χ4v) is 1.85. The van der Waals surface area contributed by atoms with Crippen molar-refractivity contribution in [2.75, 3.05) is 0 Å². The van der Waals surface area contributed by atoms with E-state index in [1.165, 1.54) is 5.56 Å². The molecule has 0 fully saturated rings. The molecule has 0 saturated heterocycles. The molecule has 0 radical (unpaired) electrons. The Labute approximate surface area is 111 Å². The van der Waals surface area contributed by atoms with Crippen molar-refractivity contribution in [3.8, 4) is 11.5 Å². The van der Waals surface area contributed by atoms with Crippen molar-refractivity contribution < 1.29 is 4.74 Å². The third-order valence-corrected chi connectivity index (χ3v) is 3.25. The average molecular weight is 267 g/mol. The summed E-state index contributed by atoms with van der Waals surface area (Å²) < 4.78 is 5.72. The Bertz CT molecular complexity index is 523. The molecule has 0 amide bonds. The lowest BCUT2D eigenvalue weighted by atomic mass is 10.2. The van der Waals surface area contributed by atoms with Crippen LogP contribution in [0.1, 0.15) is 12.5 Å². The molecule has 17 heavy (non-hydrogen) atoms. The molecule has 0 N–H and O–H groups in total. The molecular formula is C14H12Cl2O. The molecule has 88 valence electrons. The van der Waals surface area contributed by atoms with Gasteiger partial charge in [0.15, 0.2) is 0 Å². The first-order chi connectivity index (χ1) is 8.20. The fourth-order valence-electron chi connectivity index (χ4n) is 1.52. The highest BCUT2D eigenvalue weighted by Crippen LogP contribution is 2.34. The molecule has 0 bridgehead atoms. The first kappa shape index (κ1) is 12.3. The van der Waals surface area contributed by atoms with Crippen molar-refractivity contribution in [1.29, 1.82) is 0 Å². The van der Waals surface area contributed by atoms with E-state index in [2.05, 4.69) is 13.0 Å². The van der Waals surface area contributed by atoms with Gasteiger partial charge in [-0.1, -0.05) is 48.3 Å². The van der Waals surface area contributed by atoms with Gasteiger partial charge < -0.3 is 4.74 Å². The predicted molar refractivity (Wildman–Crippen MR) is 72.4 cm³/mol. The number of aryl methyl sites for hydroxylation is 1. The topological polar surface area (TPSA) is 9.23 Å². The summed E-state index contributed by atoms with van der Waals surface area (Å²) in [7, 11) is 0. The van der Waals surface area contributed by atoms with Gasteiger partial charge in [0, 0.05) is 0 Å². The highest BCUT2D eigenvalue weighted by atomic mass is 35.5. The molecular weight excluding hydrogens is 255 g/mol. The predicted octanol–water partition coefficient (Wildman–Crippen LogP) is 5.35. The van der Waals surface area contributed by atoms with Crippen molar-refractivity contribution in [2.45, 2.75) is 13.3 Å². The van der Waals surface area contributed by atoms with E-state index in [0.29, 0.717) is 15.8 Å². The van der Waals surface area contributed by atoms with Crippen LogP contribution in [0.25, 0.3) is 0 Å².